The van der Waals surface area contributed by atoms with Crippen LogP contribution in [0.15, 0.2) is 66.0 Å². The van der Waals surface area contributed by atoms with Gasteiger partial charge in [0, 0.05) is 17.2 Å². The van der Waals surface area contributed by atoms with E-state index in [1.807, 2.05) is 61.5 Å². The molecule has 0 radical (unpaired) electrons. The second-order valence-corrected chi connectivity index (χ2v) is 9.70. The van der Waals surface area contributed by atoms with E-state index < -0.39 is 17.9 Å². The molecule has 3 rings (SSSR count). The minimum Gasteiger partial charge on any atom is -0.467 e. The van der Waals surface area contributed by atoms with Gasteiger partial charge in [-0.2, -0.15) is 0 Å². The monoisotopic (exact) mass is 513 g/mol. The van der Waals surface area contributed by atoms with Crippen molar-refractivity contribution >= 4 is 35.2 Å². The summed E-state index contributed by atoms with van der Waals surface area (Å²) >= 11 is 8.11. The van der Waals surface area contributed by atoms with E-state index in [9.17, 15) is 9.59 Å². The number of nitrogens with zero attached hydrogens (tertiary/aromatic N) is 2. The summed E-state index contributed by atoms with van der Waals surface area (Å²) in [5, 5.41) is 4.45. The number of esters is 1. The number of ether oxygens (including phenoxy) is 1. The van der Waals surface area contributed by atoms with E-state index in [4.69, 9.17) is 16.3 Å². The number of methoxy groups -OCH3 is 1. The minimum atomic E-state index is -0.780. The van der Waals surface area contributed by atoms with E-state index >= 15 is 0 Å². The normalized spacial score (nSPS) is 12.7. The maximum absolute atomic E-state index is 13.5. The molecule has 0 bridgehead atoms. The SMILES string of the molecule is CCCSc1ncc(C(CC)C(=O)NC(Cc2ccccc2)C(=O)OC)n1Cc1ccccc1Cl. The number of hydrogen-bond donors (Lipinski definition) is 1. The summed E-state index contributed by atoms with van der Waals surface area (Å²) in [7, 11) is 1.33. The lowest BCUT2D eigenvalue weighted by molar-refractivity contribution is -0.145. The number of halogens is 1. The van der Waals surface area contributed by atoms with Crippen LogP contribution in [0.2, 0.25) is 5.02 Å². The van der Waals surface area contributed by atoms with E-state index in [1.54, 1.807) is 18.0 Å². The zero-order valence-electron chi connectivity index (χ0n) is 20.4. The lowest BCUT2D eigenvalue weighted by Crippen LogP contribution is -2.45. The van der Waals surface area contributed by atoms with Gasteiger partial charge in [-0.15, -0.1) is 0 Å². The number of nitrogens with one attached hydrogen (secondary N) is 1. The van der Waals surface area contributed by atoms with Crippen molar-refractivity contribution in [3.63, 3.8) is 0 Å². The van der Waals surface area contributed by atoms with E-state index in [1.165, 1.54) is 7.11 Å². The number of thioether (sulfide) groups is 1. The Balaban J connectivity index is 1.89. The van der Waals surface area contributed by atoms with E-state index in [0.29, 0.717) is 24.4 Å². The molecule has 6 nitrogen and oxygen atoms in total. The Bertz CT molecular complexity index is 1120. The highest BCUT2D eigenvalue weighted by molar-refractivity contribution is 7.99. The van der Waals surface area contributed by atoms with Gasteiger partial charge in [-0.1, -0.05) is 85.7 Å². The highest BCUT2D eigenvalue weighted by Crippen LogP contribution is 2.29. The summed E-state index contributed by atoms with van der Waals surface area (Å²) in [4.78, 5) is 30.6. The first-order chi connectivity index (χ1) is 17.0. The topological polar surface area (TPSA) is 73.2 Å². The van der Waals surface area contributed by atoms with Gasteiger partial charge in [-0.05, 0) is 30.0 Å². The first-order valence-electron chi connectivity index (χ1n) is 11.8. The predicted octanol–water partition coefficient (Wildman–Crippen LogP) is 5.48. The number of rotatable bonds is 12. The lowest BCUT2D eigenvalue weighted by atomic mass is 9.99. The largest absolute Gasteiger partial charge is 0.467 e. The quantitative estimate of drug-likeness (QED) is 0.256. The van der Waals surface area contributed by atoms with E-state index in [-0.39, 0.29) is 5.91 Å². The van der Waals surface area contributed by atoms with Crippen molar-refractivity contribution < 1.29 is 14.3 Å². The second-order valence-electron chi connectivity index (χ2n) is 8.23. The van der Waals surface area contributed by atoms with Crippen molar-refractivity contribution in [2.45, 2.75) is 56.8 Å². The van der Waals surface area contributed by atoms with E-state index in [2.05, 4.69) is 21.8 Å². The first-order valence-corrected chi connectivity index (χ1v) is 13.2. The van der Waals surface area contributed by atoms with Crippen LogP contribution in [0.3, 0.4) is 0 Å². The average Bonchev–Trinajstić information content (AvgIpc) is 3.26. The van der Waals surface area contributed by atoms with Crippen LogP contribution >= 0.6 is 23.4 Å². The molecule has 0 fully saturated rings. The summed E-state index contributed by atoms with van der Waals surface area (Å²) in [6.45, 7) is 4.59. The Morgan fingerprint density at radius 1 is 1.11 bits per heavy atom. The van der Waals surface area contributed by atoms with E-state index in [0.717, 1.165) is 34.2 Å². The number of benzene rings is 2. The molecule has 0 aliphatic carbocycles. The van der Waals surface area contributed by atoms with Gasteiger partial charge in [-0.3, -0.25) is 4.79 Å². The highest BCUT2D eigenvalue weighted by Gasteiger charge is 2.29. The number of carbonyl (C=O) groups excluding carboxylic acids is 2. The zero-order chi connectivity index (χ0) is 25.2. The van der Waals surface area contributed by atoms with Crippen LogP contribution in [0.4, 0.5) is 0 Å². The molecule has 0 saturated heterocycles. The number of carbonyl (C=O) groups is 2. The summed E-state index contributed by atoms with van der Waals surface area (Å²) in [6, 6.07) is 16.5. The third kappa shape index (κ3) is 7.12. The smallest absolute Gasteiger partial charge is 0.328 e. The number of amides is 1. The molecule has 3 aromatic rings. The molecule has 0 spiro atoms. The molecular weight excluding hydrogens is 482 g/mol. The van der Waals surface area contributed by atoms with Gasteiger partial charge in [-0.25, -0.2) is 9.78 Å². The summed E-state index contributed by atoms with van der Waals surface area (Å²) in [5.74, 6) is -0.264. The fraction of sp³-hybridized carbons (Fsp3) is 0.370. The van der Waals surface area contributed by atoms with Gasteiger partial charge in [0.05, 0.1) is 31.5 Å². The predicted molar refractivity (Wildman–Crippen MR) is 141 cm³/mol. The third-order valence-electron chi connectivity index (χ3n) is 5.74. The zero-order valence-corrected chi connectivity index (χ0v) is 21.9. The van der Waals surface area contributed by atoms with Crippen LogP contribution in [0.5, 0.6) is 0 Å². The Kier molecular flexibility index (Phi) is 10.2. The summed E-state index contributed by atoms with van der Waals surface area (Å²) < 4.78 is 7.05. The van der Waals surface area contributed by atoms with Crippen LogP contribution in [0.1, 0.15) is 49.4 Å². The van der Waals surface area contributed by atoms with Gasteiger partial charge in [0.25, 0.3) is 0 Å². The molecular formula is C27H32ClN3O3S. The third-order valence-corrected chi connectivity index (χ3v) is 7.30. The molecule has 35 heavy (non-hydrogen) atoms. The molecule has 0 aliphatic rings. The van der Waals surface area contributed by atoms with Gasteiger partial charge >= 0.3 is 5.97 Å². The molecule has 1 aromatic heterocycles. The molecule has 186 valence electrons. The molecule has 8 heteroatoms. The number of imidazole rings is 1. The molecule has 2 atom stereocenters. The van der Waals surface area contributed by atoms with Crippen molar-refractivity contribution in [2.24, 2.45) is 0 Å². The lowest BCUT2D eigenvalue weighted by Gasteiger charge is -2.22. The summed E-state index contributed by atoms with van der Waals surface area (Å²) in [6.07, 6.45) is 3.69. The van der Waals surface area contributed by atoms with Gasteiger partial charge < -0.3 is 14.6 Å². The Morgan fingerprint density at radius 3 is 2.49 bits per heavy atom. The molecule has 2 aromatic carbocycles. The fourth-order valence-electron chi connectivity index (χ4n) is 3.90. The molecule has 1 heterocycles. The van der Waals surface area contributed by atoms with Crippen molar-refractivity contribution in [2.75, 3.05) is 12.9 Å². The Morgan fingerprint density at radius 2 is 1.83 bits per heavy atom. The van der Waals surface area contributed by atoms with Crippen molar-refractivity contribution in [3.05, 3.63) is 82.6 Å². The van der Waals surface area contributed by atoms with Crippen molar-refractivity contribution in [1.29, 1.82) is 0 Å². The first kappa shape index (κ1) is 26.8. The van der Waals surface area contributed by atoms with Crippen LogP contribution in [-0.2, 0) is 27.3 Å². The van der Waals surface area contributed by atoms with Crippen molar-refractivity contribution in [1.82, 2.24) is 14.9 Å². The molecule has 0 saturated carbocycles. The minimum absolute atomic E-state index is 0.230. The average molecular weight is 514 g/mol. The molecule has 1 amide bonds. The van der Waals surface area contributed by atoms with Gasteiger partial charge in [0.1, 0.15) is 6.04 Å². The van der Waals surface area contributed by atoms with Crippen LogP contribution < -0.4 is 5.32 Å². The second kappa shape index (κ2) is 13.4. The molecule has 2 unspecified atom stereocenters. The Labute approximate surface area is 216 Å². The molecule has 0 aliphatic heterocycles. The Hall–Kier alpha value is -2.77. The summed E-state index contributed by atoms with van der Waals surface area (Å²) in [5.41, 5.74) is 2.70. The molecule has 1 N–H and O–H groups in total. The van der Waals surface area contributed by atoms with Crippen LogP contribution in [-0.4, -0.2) is 40.3 Å². The van der Waals surface area contributed by atoms with Gasteiger partial charge in [0.2, 0.25) is 5.91 Å². The van der Waals surface area contributed by atoms with Crippen molar-refractivity contribution in [3.8, 4) is 0 Å². The van der Waals surface area contributed by atoms with Crippen LogP contribution in [0.25, 0.3) is 0 Å². The number of hydrogen-bond acceptors (Lipinski definition) is 5. The fourth-order valence-corrected chi connectivity index (χ4v) is 4.94. The maximum Gasteiger partial charge on any atom is 0.328 e. The number of aromatic nitrogens is 2. The maximum atomic E-state index is 13.5. The van der Waals surface area contributed by atoms with Crippen LogP contribution in [0, 0.1) is 0 Å². The van der Waals surface area contributed by atoms with Gasteiger partial charge in [0.15, 0.2) is 5.16 Å². The highest BCUT2D eigenvalue weighted by atomic mass is 35.5. The standard InChI is InChI=1S/C27H32ClN3O3S/c1-4-15-35-27-29-17-24(31(27)18-20-13-9-10-14-22(20)28)21(5-2)25(32)30-23(26(33)34-3)16-19-11-7-6-8-12-19/h6-14,17,21,23H,4-5,15-16,18H2,1-3H3,(H,30,32).